The second-order valence-corrected chi connectivity index (χ2v) is 6.58. The number of aryl methyl sites for hydroxylation is 1. The Morgan fingerprint density at radius 2 is 2.27 bits per heavy atom. The SMILES string of the molecule is Cc1cc(NCc2csc(-c3cccs3)n2)c2nncn2n1. The summed E-state index contributed by atoms with van der Waals surface area (Å²) in [5, 5.41) is 20.9. The average molecular weight is 328 g/mol. The van der Waals surface area contributed by atoms with Gasteiger partial charge in [0.1, 0.15) is 11.3 Å². The summed E-state index contributed by atoms with van der Waals surface area (Å²) < 4.78 is 1.68. The van der Waals surface area contributed by atoms with E-state index >= 15 is 0 Å². The highest BCUT2D eigenvalue weighted by Gasteiger charge is 2.08. The zero-order valence-corrected chi connectivity index (χ0v) is 13.4. The van der Waals surface area contributed by atoms with Crippen molar-refractivity contribution >= 4 is 34.0 Å². The molecule has 0 saturated heterocycles. The van der Waals surface area contributed by atoms with Gasteiger partial charge in [0.25, 0.3) is 0 Å². The van der Waals surface area contributed by atoms with Crippen molar-refractivity contribution in [3.05, 3.63) is 46.7 Å². The minimum atomic E-state index is 0.647. The fourth-order valence-corrected chi connectivity index (χ4v) is 3.80. The molecule has 0 aliphatic carbocycles. The fourth-order valence-electron chi connectivity index (χ4n) is 2.17. The molecule has 0 fully saturated rings. The quantitative estimate of drug-likeness (QED) is 0.623. The molecule has 0 aromatic carbocycles. The normalized spacial score (nSPS) is 11.1. The maximum Gasteiger partial charge on any atom is 0.200 e. The number of hydrogen-bond donors (Lipinski definition) is 1. The highest BCUT2D eigenvalue weighted by molar-refractivity contribution is 7.20. The first kappa shape index (κ1) is 13.4. The van der Waals surface area contributed by atoms with Gasteiger partial charge in [0.05, 0.1) is 28.5 Å². The van der Waals surface area contributed by atoms with Gasteiger partial charge in [-0.25, -0.2) is 4.98 Å². The number of thiophene rings is 1. The first-order chi connectivity index (χ1) is 10.8. The number of nitrogens with one attached hydrogen (secondary N) is 1. The highest BCUT2D eigenvalue weighted by atomic mass is 32.1. The van der Waals surface area contributed by atoms with E-state index in [1.807, 2.05) is 19.1 Å². The summed E-state index contributed by atoms with van der Waals surface area (Å²) >= 11 is 3.37. The summed E-state index contributed by atoms with van der Waals surface area (Å²) in [6.07, 6.45) is 1.60. The number of anilines is 1. The second kappa shape index (κ2) is 5.47. The molecule has 4 rings (SSSR count). The van der Waals surface area contributed by atoms with Crippen LogP contribution in [0.15, 0.2) is 35.3 Å². The Labute approximate surface area is 134 Å². The standard InChI is InChI=1S/C14H12N6S2/c1-9-5-11(13-18-16-8-20(13)19-9)15-6-10-7-22-14(17-10)12-3-2-4-21-12/h2-5,7-8,15H,6H2,1H3. The van der Waals surface area contributed by atoms with E-state index < -0.39 is 0 Å². The van der Waals surface area contributed by atoms with Crippen LogP contribution in [-0.4, -0.2) is 24.8 Å². The molecule has 4 aromatic rings. The Morgan fingerprint density at radius 1 is 1.32 bits per heavy atom. The van der Waals surface area contributed by atoms with Gasteiger partial charge in [0.15, 0.2) is 0 Å². The molecule has 0 amide bonds. The monoisotopic (exact) mass is 328 g/mol. The Morgan fingerprint density at radius 3 is 3.14 bits per heavy atom. The van der Waals surface area contributed by atoms with Crippen molar-refractivity contribution in [3.63, 3.8) is 0 Å². The Hall–Kier alpha value is -2.32. The zero-order chi connectivity index (χ0) is 14.9. The number of thiazole rings is 1. The molecule has 0 atom stereocenters. The van der Waals surface area contributed by atoms with Gasteiger partial charge in [0, 0.05) is 5.38 Å². The van der Waals surface area contributed by atoms with Crippen LogP contribution in [0.3, 0.4) is 0 Å². The van der Waals surface area contributed by atoms with Crippen LogP contribution in [0.4, 0.5) is 5.69 Å². The van der Waals surface area contributed by atoms with Crippen molar-refractivity contribution in [2.24, 2.45) is 0 Å². The molecule has 22 heavy (non-hydrogen) atoms. The molecule has 8 heteroatoms. The third-order valence-corrected chi connectivity index (χ3v) is 5.06. The summed E-state index contributed by atoms with van der Waals surface area (Å²) in [7, 11) is 0. The van der Waals surface area contributed by atoms with E-state index in [1.165, 1.54) is 4.88 Å². The van der Waals surface area contributed by atoms with E-state index in [0.717, 1.165) is 27.7 Å². The lowest BCUT2D eigenvalue weighted by Crippen LogP contribution is -2.04. The molecule has 4 heterocycles. The minimum absolute atomic E-state index is 0.647. The van der Waals surface area contributed by atoms with Crippen molar-refractivity contribution in [2.45, 2.75) is 13.5 Å². The van der Waals surface area contributed by atoms with Gasteiger partial charge in [0.2, 0.25) is 5.65 Å². The molecule has 1 N–H and O–H groups in total. The van der Waals surface area contributed by atoms with Crippen LogP contribution in [0.2, 0.25) is 0 Å². The molecule has 0 bridgehead atoms. The van der Waals surface area contributed by atoms with Crippen LogP contribution in [-0.2, 0) is 6.54 Å². The number of aromatic nitrogens is 5. The molecule has 0 aliphatic heterocycles. The molecule has 0 unspecified atom stereocenters. The van der Waals surface area contributed by atoms with Gasteiger partial charge < -0.3 is 5.32 Å². The third-order valence-electron chi connectivity index (χ3n) is 3.13. The molecule has 6 nitrogen and oxygen atoms in total. The zero-order valence-electron chi connectivity index (χ0n) is 11.7. The van der Waals surface area contributed by atoms with Crippen LogP contribution in [0.5, 0.6) is 0 Å². The van der Waals surface area contributed by atoms with Crippen molar-refractivity contribution < 1.29 is 0 Å². The fraction of sp³-hybridized carbons (Fsp3) is 0.143. The van der Waals surface area contributed by atoms with Crippen molar-refractivity contribution in [3.8, 4) is 9.88 Å². The van der Waals surface area contributed by atoms with Crippen molar-refractivity contribution in [2.75, 3.05) is 5.32 Å². The largest absolute Gasteiger partial charge is 0.376 e. The van der Waals surface area contributed by atoms with Crippen LogP contribution in [0, 0.1) is 6.92 Å². The molecule has 0 spiro atoms. The van der Waals surface area contributed by atoms with E-state index in [2.05, 4.69) is 42.4 Å². The Bertz CT molecular complexity index is 909. The maximum atomic E-state index is 4.67. The lowest BCUT2D eigenvalue weighted by molar-refractivity contribution is 0.891. The first-order valence-corrected chi connectivity index (χ1v) is 8.45. The summed E-state index contributed by atoms with van der Waals surface area (Å²) in [4.78, 5) is 5.87. The number of rotatable bonds is 4. The lowest BCUT2D eigenvalue weighted by atomic mass is 10.3. The summed E-state index contributed by atoms with van der Waals surface area (Å²) in [6.45, 7) is 2.59. The first-order valence-electron chi connectivity index (χ1n) is 6.69. The van der Waals surface area contributed by atoms with E-state index in [4.69, 9.17) is 0 Å². The van der Waals surface area contributed by atoms with Crippen molar-refractivity contribution in [1.82, 2.24) is 24.8 Å². The van der Waals surface area contributed by atoms with E-state index in [0.29, 0.717) is 6.54 Å². The van der Waals surface area contributed by atoms with Crippen molar-refractivity contribution in [1.29, 1.82) is 0 Å². The van der Waals surface area contributed by atoms with Gasteiger partial charge in [-0.3, -0.25) is 0 Å². The molecule has 4 aromatic heterocycles. The minimum Gasteiger partial charge on any atom is -0.376 e. The van der Waals surface area contributed by atoms with E-state index in [-0.39, 0.29) is 0 Å². The van der Waals surface area contributed by atoms with Gasteiger partial charge >= 0.3 is 0 Å². The molecule has 0 saturated carbocycles. The maximum absolute atomic E-state index is 4.67. The topological polar surface area (TPSA) is 68.0 Å². The van der Waals surface area contributed by atoms with Gasteiger partial charge in [-0.05, 0) is 24.4 Å². The molecule has 0 aliphatic rings. The second-order valence-electron chi connectivity index (χ2n) is 4.77. The van der Waals surface area contributed by atoms with Crippen LogP contribution < -0.4 is 5.32 Å². The van der Waals surface area contributed by atoms with E-state index in [1.54, 1.807) is 33.5 Å². The molecule has 110 valence electrons. The lowest BCUT2D eigenvalue weighted by Gasteiger charge is -2.06. The van der Waals surface area contributed by atoms with Crippen LogP contribution >= 0.6 is 22.7 Å². The average Bonchev–Trinajstić information content (AvgIpc) is 3.24. The number of nitrogens with zero attached hydrogens (tertiary/aromatic N) is 5. The summed E-state index contributed by atoms with van der Waals surface area (Å²) in [5.41, 5.74) is 3.56. The van der Waals surface area contributed by atoms with E-state index in [9.17, 15) is 0 Å². The molecule has 0 radical (unpaired) electrons. The highest BCUT2D eigenvalue weighted by Crippen LogP contribution is 2.28. The predicted molar refractivity (Wildman–Crippen MR) is 88.3 cm³/mol. The van der Waals surface area contributed by atoms with Crippen LogP contribution in [0.25, 0.3) is 15.5 Å². The summed E-state index contributed by atoms with van der Waals surface area (Å²) in [6, 6.07) is 6.10. The summed E-state index contributed by atoms with van der Waals surface area (Å²) in [5.74, 6) is 0. The smallest absolute Gasteiger partial charge is 0.200 e. The molecular formula is C14H12N6S2. The Balaban J connectivity index is 1.56. The third kappa shape index (κ3) is 2.46. The van der Waals surface area contributed by atoms with Crippen LogP contribution in [0.1, 0.15) is 11.4 Å². The van der Waals surface area contributed by atoms with Gasteiger partial charge in [-0.15, -0.1) is 32.9 Å². The predicted octanol–water partition coefficient (Wildman–Crippen LogP) is 3.23. The van der Waals surface area contributed by atoms with Gasteiger partial charge in [-0.2, -0.15) is 9.61 Å². The number of fused-ring (bicyclic) bond motifs is 1. The van der Waals surface area contributed by atoms with Gasteiger partial charge in [-0.1, -0.05) is 6.07 Å². The number of hydrogen-bond acceptors (Lipinski definition) is 7. The Kier molecular flexibility index (Phi) is 3.32. The molecular weight excluding hydrogens is 316 g/mol.